The summed E-state index contributed by atoms with van der Waals surface area (Å²) in [4.78, 5) is 19.0. The number of hydrogen-bond acceptors (Lipinski definition) is 4. The first-order valence-corrected chi connectivity index (χ1v) is 4.71. The minimum Gasteiger partial charge on any atom is -0.564 e. The fourth-order valence-corrected chi connectivity index (χ4v) is 1.13. The van der Waals surface area contributed by atoms with Gasteiger partial charge in [0.2, 0.25) is 0 Å². The van der Waals surface area contributed by atoms with Crippen molar-refractivity contribution in [3.05, 3.63) is 42.9 Å². The maximum absolute atomic E-state index is 11.5. The number of carbonyl (C=O) groups is 1. The van der Waals surface area contributed by atoms with Crippen molar-refractivity contribution in [2.45, 2.75) is 0 Å². The Labute approximate surface area is 157 Å². The third kappa shape index (κ3) is 6.68. The molecule has 0 aliphatic rings. The van der Waals surface area contributed by atoms with Gasteiger partial charge in [-0.3, -0.25) is 4.98 Å². The molecule has 0 atom stereocenters. The van der Waals surface area contributed by atoms with Gasteiger partial charge in [-0.2, -0.15) is 12.1 Å². The number of carbonyl (C=O) groups excluding carboxylic acids is 1. The fourth-order valence-electron chi connectivity index (χ4n) is 1.13. The number of hydrogen-bond donors (Lipinski definition) is 3. The Bertz CT molecular complexity index is 528. The second-order valence-corrected chi connectivity index (χ2v) is 3.05. The number of anilines is 2. The molecule has 3 N–H and O–H groups in total. The van der Waals surface area contributed by atoms with E-state index in [-0.39, 0.29) is 72.7 Å². The van der Waals surface area contributed by atoms with Gasteiger partial charge in [-0.05, 0) is 11.9 Å². The summed E-state index contributed by atoms with van der Waals surface area (Å²) in [5, 5.41) is 14.3. The molecule has 9 heteroatoms. The molecular weight excluding hydrogens is 779 g/mol. The molecule has 0 aliphatic carbocycles. The molecule has 0 spiro atoms. The minimum atomic E-state index is -0.521. The fraction of sp³-hybridized carbons (Fsp3) is 0. The van der Waals surface area contributed by atoms with E-state index in [9.17, 15) is 9.90 Å². The standard InChI is InChI=1S/C11H8N4O2.3Re/c16-9-4-2-1-3-8(9)14-11(17)15-10-7-12-5-6-13-10;;;/h1,3-4,6-7,16H,(H2,13,14,15,17);;;/q-2;;;. The Balaban J connectivity index is 0. The summed E-state index contributed by atoms with van der Waals surface area (Å²) in [5.74, 6) is 0.235. The Kier molecular flexibility index (Phi) is 12.0. The number of rotatable bonds is 2. The summed E-state index contributed by atoms with van der Waals surface area (Å²) in [7, 11) is 0. The van der Waals surface area contributed by atoms with Gasteiger partial charge in [-0.25, -0.2) is 4.79 Å². The molecule has 3 radical (unpaired) electrons. The molecule has 1 aromatic carbocycles. The van der Waals surface area contributed by atoms with Crippen molar-refractivity contribution in [1.29, 1.82) is 0 Å². The molecule has 0 fully saturated rings. The van der Waals surface area contributed by atoms with Crippen LogP contribution in [-0.4, -0.2) is 21.1 Å². The summed E-state index contributed by atoms with van der Waals surface area (Å²) < 4.78 is 0. The van der Waals surface area contributed by atoms with E-state index in [1.54, 1.807) is 6.07 Å². The van der Waals surface area contributed by atoms with Crippen LogP contribution in [-0.2, 0) is 61.3 Å². The molecule has 0 aliphatic heterocycles. The van der Waals surface area contributed by atoms with Crippen LogP contribution in [0.4, 0.5) is 16.3 Å². The number of urea groups is 1. The van der Waals surface area contributed by atoms with Gasteiger partial charge in [0.05, 0.1) is 5.82 Å². The van der Waals surface area contributed by atoms with Crippen LogP contribution < -0.4 is 10.6 Å². The average Bonchev–Trinajstić information content (AvgIpc) is 2.33. The molecule has 0 bridgehead atoms. The van der Waals surface area contributed by atoms with Crippen molar-refractivity contribution in [1.82, 2.24) is 9.97 Å². The van der Waals surface area contributed by atoms with Crippen LogP contribution in [0, 0.1) is 12.3 Å². The monoisotopic (exact) mass is 789 g/mol. The van der Waals surface area contributed by atoms with E-state index in [0.717, 1.165) is 0 Å². The largest absolute Gasteiger partial charge is 0.564 e. The maximum Gasteiger partial charge on any atom is 0.322 e. The smallest absolute Gasteiger partial charge is 0.322 e. The molecule has 2 rings (SSSR count). The summed E-state index contributed by atoms with van der Waals surface area (Å²) in [6, 6.07) is 6.61. The predicted molar refractivity (Wildman–Crippen MR) is 60.5 cm³/mol. The van der Waals surface area contributed by atoms with E-state index in [2.05, 4.69) is 32.9 Å². The molecule has 0 saturated carbocycles. The van der Waals surface area contributed by atoms with Crippen molar-refractivity contribution >= 4 is 17.5 Å². The van der Waals surface area contributed by atoms with Crippen LogP contribution in [0.15, 0.2) is 30.6 Å². The molecule has 2 aromatic rings. The summed E-state index contributed by atoms with van der Waals surface area (Å²) >= 11 is 0. The summed E-state index contributed by atoms with van der Waals surface area (Å²) in [5.41, 5.74) is 0.289. The maximum atomic E-state index is 11.5. The Morgan fingerprint density at radius 1 is 1.25 bits per heavy atom. The van der Waals surface area contributed by atoms with Crippen LogP contribution in [0.5, 0.6) is 5.75 Å². The zero-order valence-corrected chi connectivity index (χ0v) is 17.9. The first-order chi connectivity index (χ1) is 8.25. The van der Waals surface area contributed by atoms with Gasteiger partial charge in [0, 0.05) is 67.0 Å². The van der Waals surface area contributed by atoms with Crippen molar-refractivity contribution in [3.63, 3.8) is 0 Å². The number of nitrogens with zero attached hydrogens (tertiary/aromatic N) is 2. The third-order valence-electron chi connectivity index (χ3n) is 1.85. The first-order valence-electron chi connectivity index (χ1n) is 4.71. The molecule has 0 saturated heterocycles. The van der Waals surface area contributed by atoms with E-state index < -0.39 is 6.03 Å². The van der Waals surface area contributed by atoms with Gasteiger partial charge < -0.3 is 20.7 Å². The number of aromatic hydroxyl groups is 1. The molecule has 0 unspecified atom stereocenters. The van der Waals surface area contributed by atoms with Crippen molar-refractivity contribution in [2.75, 3.05) is 10.6 Å². The van der Waals surface area contributed by atoms with Gasteiger partial charge in [0.15, 0.2) is 0 Å². The number of benzene rings is 1. The number of amides is 2. The van der Waals surface area contributed by atoms with E-state index >= 15 is 0 Å². The summed E-state index contributed by atoms with van der Waals surface area (Å²) in [6.45, 7) is 0. The van der Waals surface area contributed by atoms with Gasteiger partial charge >= 0.3 is 6.03 Å². The van der Waals surface area contributed by atoms with E-state index in [0.29, 0.717) is 5.82 Å². The Hall–Kier alpha value is -0.643. The number of aromatic nitrogens is 2. The molecule has 107 valence electrons. The Morgan fingerprint density at radius 2 is 2.00 bits per heavy atom. The van der Waals surface area contributed by atoms with Gasteiger partial charge in [-0.15, -0.1) is 18.3 Å². The molecule has 1 aromatic heterocycles. The second-order valence-electron chi connectivity index (χ2n) is 3.05. The van der Waals surface area contributed by atoms with E-state index in [1.807, 2.05) is 0 Å². The van der Waals surface area contributed by atoms with Crippen LogP contribution in [0.25, 0.3) is 0 Å². The van der Waals surface area contributed by atoms with Gasteiger partial charge in [0.1, 0.15) is 0 Å². The van der Waals surface area contributed by atoms with Crippen molar-refractivity contribution in [2.24, 2.45) is 0 Å². The van der Waals surface area contributed by atoms with Crippen LogP contribution >= 0.6 is 0 Å². The zero-order valence-electron chi connectivity index (χ0n) is 9.77. The molecule has 6 nitrogen and oxygen atoms in total. The van der Waals surface area contributed by atoms with Crippen LogP contribution in [0.1, 0.15) is 0 Å². The van der Waals surface area contributed by atoms with Crippen molar-refractivity contribution < 1.29 is 71.2 Å². The molecular formula is C11H8N4O2Re3-2. The topological polar surface area (TPSA) is 87.1 Å². The average molecular weight is 787 g/mol. The molecule has 1 heterocycles. The number of phenolic OH excluding ortho intramolecular Hbond substituents is 1. The SMILES string of the molecule is O=C(Nc1cn[c-]cn1)Nc1cc[c-]cc1O.[Re].[Re].[Re]. The minimum absolute atomic E-state index is 0. The van der Waals surface area contributed by atoms with E-state index in [1.165, 1.54) is 24.5 Å². The molecule has 20 heavy (non-hydrogen) atoms. The third-order valence-corrected chi connectivity index (χ3v) is 1.85. The summed E-state index contributed by atoms with van der Waals surface area (Å²) in [6.07, 6.45) is 5.19. The first kappa shape index (κ1) is 21.7. The Morgan fingerprint density at radius 3 is 2.60 bits per heavy atom. The van der Waals surface area contributed by atoms with Crippen LogP contribution in [0.2, 0.25) is 0 Å². The normalized spacial score (nSPS) is 8.20. The van der Waals surface area contributed by atoms with E-state index in [4.69, 9.17) is 0 Å². The van der Waals surface area contributed by atoms with Gasteiger partial charge in [0.25, 0.3) is 0 Å². The number of nitrogens with one attached hydrogen (secondary N) is 2. The molecule has 2 amide bonds. The van der Waals surface area contributed by atoms with Crippen molar-refractivity contribution in [3.8, 4) is 5.75 Å². The van der Waals surface area contributed by atoms with Gasteiger partial charge in [-0.1, -0.05) is 6.20 Å². The predicted octanol–water partition coefficient (Wildman–Crippen LogP) is 1.42. The van der Waals surface area contributed by atoms with Crippen LogP contribution in [0.3, 0.4) is 0 Å². The quantitative estimate of drug-likeness (QED) is 0.318. The number of phenols is 1. The second kappa shape index (κ2) is 11.1. The zero-order chi connectivity index (χ0) is 12.1.